The van der Waals surface area contributed by atoms with Gasteiger partial charge in [-0.3, -0.25) is 14.3 Å². The summed E-state index contributed by atoms with van der Waals surface area (Å²) in [6, 6.07) is 21.2. The Kier molecular flexibility index (Phi) is 8.32. The maximum absolute atomic E-state index is 13.3. The number of carbonyl (C=O) groups is 1. The van der Waals surface area contributed by atoms with Crippen LogP contribution in [0.4, 0.5) is 5.69 Å². The molecular formula is C27H26N6O2S. The Labute approximate surface area is 214 Å². The summed E-state index contributed by atoms with van der Waals surface area (Å²) in [5, 5.41) is 18.6. The lowest BCUT2D eigenvalue weighted by Gasteiger charge is -2.22. The van der Waals surface area contributed by atoms with Crippen LogP contribution in [0.25, 0.3) is 17.1 Å². The molecule has 0 unspecified atom stereocenters. The van der Waals surface area contributed by atoms with Crippen LogP contribution in [0.5, 0.6) is 5.75 Å². The van der Waals surface area contributed by atoms with E-state index in [0.29, 0.717) is 24.1 Å². The second-order valence-electron chi connectivity index (χ2n) is 7.83. The van der Waals surface area contributed by atoms with Crippen molar-refractivity contribution in [1.82, 2.24) is 19.7 Å². The molecule has 0 saturated heterocycles. The Balaban J connectivity index is 1.61. The van der Waals surface area contributed by atoms with E-state index in [4.69, 9.17) is 10.00 Å². The molecule has 9 heteroatoms. The minimum absolute atomic E-state index is 0.121. The zero-order chi connectivity index (χ0) is 25.3. The topological polar surface area (TPSA) is 96.9 Å². The van der Waals surface area contributed by atoms with Gasteiger partial charge in [0.25, 0.3) is 0 Å². The number of ether oxygens (including phenoxy) is 1. The monoisotopic (exact) mass is 498 g/mol. The molecule has 4 rings (SSSR count). The van der Waals surface area contributed by atoms with Gasteiger partial charge in [0.2, 0.25) is 5.91 Å². The van der Waals surface area contributed by atoms with Crippen LogP contribution < -0.4 is 9.64 Å². The van der Waals surface area contributed by atoms with Crippen LogP contribution >= 0.6 is 11.8 Å². The van der Waals surface area contributed by atoms with Gasteiger partial charge in [-0.25, -0.2) is 0 Å². The molecule has 0 N–H and O–H groups in total. The number of aromatic nitrogens is 4. The number of thioether (sulfide) groups is 1. The van der Waals surface area contributed by atoms with Crippen LogP contribution in [0.1, 0.15) is 18.9 Å². The standard InChI is InChI=1S/C27H26N6O2S/c1-3-35-23-11-9-22(10-12-23)32(18-6-15-28)25(34)19-36-27-31-30-26(21-13-16-29-17-14-21)33(27)24-8-5-4-7-20(24)2/h4-5,7-14,16-17H,3,6,18-19H2,1-2H3. The number of amides is 1. The maximum Gasteiger partial charge on any atom is 0.237 e. The van der Waals surface area contributed by atoms with E-state index in [0.717, 1.165) is 28.3 Å². The first-order valence-electron chi connectivity index (χ1n) is 11.6. The smallest absolute Gasteiger partial charge is 0.237 e. The van der Waals surface area contributed by atoms with Gasteiger partial charge in [0, 0.05) is 30.2 Å². The molecule has 0 saturated carbocycles. The molecule has 0 aliphatic heterocycles. The molecule has 4 aromatic rings. The Morgan fingerprint density at radius 3 is 2.53 bits per heavy atom. The van der Waals surface area contributed by atoms with Gasteiger partial charge in [-0.1, -0.05) is 30.0 Å². The largest absolute Gasteiger partial charge is 0.494 e. The summed E-state index contributed by atoms with van der Waals surface area (Å²) < 4.78 is 7.48. The summed E-state index contributed by atoms with van der Waals surface area (Å²) in [5.74, 6) is 1.43. The lowest BCUT2D eigenvalue weighted by molar-refractivity contribution is -0.116. The first-order valence-corrected chi connectivity index (χ1v) is 12.6. The van der Waals surface area contributed by atoms with Gasteiger partial charge in [-0.15, -0.1) is 10.2 Å². The number of rotatable bonds is 10. The number of nitrogens with zero attached hydrogens (tertiary/aromatic N) is 6. The average molecular weight is 499 g/mol. The predicted octanol–water partition coefficient (Wildman–Crippen LogP) is 5.08. The molecule has 0 spiro atoms. The van der Waals surface area contributed by atoms with Crippen molar-refractivity contribution < 1.29 is 9.53 Å². The van der Waals surface area contributed by atoms with E-state index in [1.807, 2.05) is 79.1 Å². The van der Waals surface area contributed by atoms with Gasteiger partial charge < -0.3 is 9.64 Å². The number of pyridine rings is 1. The van der Waals surface area contributed by atoms with Gasteiger partial charge in [0.05, 0.1) is 30.5 Å². The van der Waals surface area contributed by atoms with Crippen molar-refractivity contribution >= 4 is 23.4 Å². The fourth-order valence-electron chi connectivity index (χ4n) is 3.74. The third-order valence-corrected chi connectivity index (χ3v) is 6.37. The van der Waals surface area contributed by atoms with Crippen molar-refractivity contribution in [1.29, 1.82) is 5.26 Å². The molecule has 0 fully saturated rings. The molecule has 0 bridgehead atoms. The highest BCUT2D eigenvalue weighted by Crippen LogP contribution is 2.30. The summed E-state index contributed by atoms with van der Waals surface area (Å²) in [6.07, 6.45) is 3.66. The van der Waals surface area contributed by atoms with E-state index >= 15 is 0 Å². The van der Waals surface area contributed by atoms with Crippen molar-refractivity contribution in [3.63, 3.8) is 0 Å². The molecule has 0 aliphatic carbocycles. The van der Waals surface area contributed by atoms with Crippen LogP contribution in [0.3, 0.4) is 0 Å². The number of aryl methyl sites for hydroxylation is 1. The third-order valence-electron chi connectivity index (χ3n) is 5.46. The number of carbonyl (C=O) groups excluding carboxylic acids is 1. The number of para-hydroxylation sites is 1. The molecule has 182 valence electrons. The number of nitriles is 1. The molecular weight excluding hydrogens is 472 g/mol. The van der Waals surface area contributed by atoms with Crippen LogP contribution in [0, 0.1) is 18.3 Å². The predicted molar refractivity (Wildman–Crippen MR) is 140 cm³/mol. The highest BCUT2D eigenvalue weighted by atomic mass is 32.2. The molecule has 8 nitrogen and oxygen atoms in total. The number of benzene rings is 2. The van der Waals surface area contributed by atoms with Crippen molar-refractivity contribution in [2.45, 2.75) is 25.4 Å². The molecule has 0 radical (unpaired) electrons. The third kappa shape index (κ3) is 5.73. The number of hydrogen-bond acceptors (Lipinski definition) is 7. The van der Waals surface area contributed by atoms with Crippen LogP contribution in [-0.4, -0.2) is 44.6 Å². The highest BCUT2D eigenvalue weighted by Gasteiger charge is 2.21. The van der Waals surface area contributed by atoms with Crippen molar-refractivity contribution in [2.75, 3.05) is 23.8 Å². The van der Waals surface area contributed by atoms with E-state index in [9.17, 15) is 4.79 Å². The lowest BCUT2D eigenvalue weighted by atomic mass is 10.2. The van der Waals surface area contributed by atoms with Crippen LogP contribution in [0.2, 0.25) is 0 Å². The molecule has 0 atom stereocenters. The average Bonchev–Trinajstić information content (AvgIpc) is 3.33. The summed E-state index contributed by atoms with van der Waals surface area (Å²) in [4.78, 5) is 19.1. The summed E-state index contributed by atoms with van der Waals surface area (Å²) >= 11 is 1.32. The molecule has 2 heterocycles. The summed E-state index contributed by atoms with van der Waals surface area (Å²) in [5.41, 5.74) is 3.60. The van der Waals surface area contributed by atoms with E-state index < -0.39 is 0 Å². The van der Waals surface area contributed by atoms with Crippen LogP contribution in [0.15, 0.2) is 78.2 Å². The van der Waals surface area contributed by atoms with E-state index in [1.54, 1.807) is 17.3 Å². The van der Waals surface area contributed by atoms with E-state index in [2.05, 4.69) is 21.3 Å². The van der Waals surface area contributed by atoms with Crippen LogP contribution in [-0.2, 0) is 4.79 Å². The number of anilines is 1. The Morgan fingerprint density at radius 2 is 1.83 bits per heavy atom. The number of hydrogen-bond donors (Lipinski definition) is 0. The van der Waals surface area contributed by atoms with E-state index in [-0.39, 0.29) is 18.1 Å². The van der Waals surface area contributed by atoms with E-state index in [1.165, 1.54) is 11.8 Å². The summed E-state index contributed by atoms with van der Waals surface area (Å²) in [6.45, 7) is 4.82. The SMILES string of the molecule is CCOc1ccc(N(CCC#N)C(=O)CSc2nnc(-c3ccncc3)n2-c2ccccc2C)cc1. The normalized spacial score (nSPS) is 10.6. The first kappa shape index (κ1) is 24.9. The molecule has 1 amide bonds. The first-order chi connectivity index (χ1) is 17.6. The van der Waals surface area contributed by atoms with Crippen molar-refractivity contribution in [3.8, 4) is 28.9 Å². The van der Waals surface area contributed by atoms with Crippen molar-refractivity contribution in [3.05, 3.63) is 78.6 Å². The molecule has 0 aliphatic rings. The Hall–Kier alpha value is -4.16. The zero-order valence-corrected chi connectivity index (χ0v) is 21.0. The minimum atomic E-state index is -0.121. The van der Waals surface area contributed by atoms with Gasteiger partial charge in [-0.05, 0) is 61.9 Å². The fraction of sp³-hybridized carbons (Fsp3) is 0.222. The molecule has 2 aromatic heterocycles. The Morgan fingerprint density at radius 1 is 1.08 bits per heavy atom. The zero-order valence-electron chi connectivity index (χ0n) is 20.2. The molecule has 2 aromatic carbocycles. The fourth-order valence-corrected chi connectivity index (χ4v) is 4.56. The maximum atomic E-state index is 13.3. The minimum Gasteiger partial charge on any atom is -0.494 e. The lowest BCUT2D eigenvalue weighted by Crippen LogP contribution is -2.33. The van der Waals surface area contributed by atoms with Gasteiger partial charge in [0.15, 0.2) is 11.0 Å². The van der Waals surface area contributed by atoms with Gasteiger partial charge in [0.1, 0.15) is 5.75 Å². The van der Waals surface area contributed by atoms with Gasteiger partial charge in [-0.2, -0.15) is 5.26 Å². The van der Waals surface area contributed by atoms with Crippen molar-refractivity contribution in [2.24, 2.45) is 0 Å². The Bertz CT molecular complexity index is 1350. The quantitative estimate of drug-likeness (QED) is 0.281. The second kappa shape index (κ2) is 12.0. The summed E-state index contributed by atoms with van der Waals surface area (Å²) in [7, 11) is 0. The molecule has 36 heavy (non-hydrogen) atoms. The highest BCUT2D eigenvalue weighted by molar-refractivity contribution is 7.99. The second-order valence-corrected chi connectivity index (χ2v) is 8.78. The van der Waals surface area contributed by atoms with Gasteiger partial charge >= 0.3 is 0 Å².